The van der Waals surface area contributed by atoms with Crippen molar-refractivity contribution in [1.29, 1.82) is 0 Å². The summed E-state index contributed by atoms with van der Waals surface area (Å²) in [7, 11) is 1.66. The molecule has 1 aromatic carbocycles. The molecule has 1 fully saturated rings. The van der Waals surface area contributed by atoms with E-state index in [-0.39, 0.29) is 5.91 Å². The van der Waals surface area contributed by atoms with Gasteiger partial charge in [0.1, 0.15) is 12.4 Å². The molecule has 0 bridgehead atoms. The summed E-state index contributed by atoms with van der Waals surface area (Å²) in [5, 5.41) is 4.05. The lowest BCUT2D eigenvalue weighted by atomic mass is 10.3. The Morgan fingerprint density at radius 2 is 1.88 bits per heavy atom. The van der Waals surface area contributed by atoms with Crippen LogP contribution in [-0.2, 0) is 9.53 Å². The minimum absolute atomic E-state index is 0.0790. The number of carbonyl (C=O) groups is 1. The van der Waals surface area contributed by atoms with Crippen LogP contribution in [0, 0.1) is 0 Å². The molecule has 1 aliphatic heterocycles. The molecule has 1 N–H and O–H groups in total. The molecule has 146 valence electrons. The van der Waals surface area contributed by atoms with Gasteiger partial charge in [-0.25, -0.2) is 0 Å². The number of halogens is 2. The summed E-state index contributed by atoms with van der Waals surface area (Å²) in [5.74, 6) is 0.732. The van der Waals surface area contributed by atoms with Crippen molar-refractivity contribution in [2.75, 3.05) is 66.1 Å². The second-order valence-electron chi connectivity index (χ2n) is 6.24. The fourth-order valence-corrected chi connectivity index (χ4v) is 3.21. The molecule has 1 amide bonds. The lowest BCUT2D eigenvalue weighted by molar-refractivity contribution is -0.122. The van der Waals surface area contributed by atoms with Crippen LogP contribution in [0.3, 0.4) is 0 Å². The van der Waals surface area contributed by atoms with Gasteiger partial charge in [-0.15, -0.1) is 0 Å². The monoisotopic (exact) mass is 403 g/mol. The summed E-state index contributed by atoms with van der Waals surface area (Å²) in [5.41, 5.74) is 0. The number of benzene rings is 1. The first kappa shape index (κ1) is 21.3. The van der Waals surface area contributed by atoms with E-state index in [1.165, 1.54) is 0 Å². The average molecular weight is 404 g/mol. The number of hydrogen-bond acceptors (Lipinski definition) is 5. The molecular weight excluding hydrogens is 377 g/mol. The zero-order valence-corrected chi connectivity index (χ0v) is 16.7. The molecule has 6 nitrogen and oxygen atoms in total. The Morgan fingerprint density at radius 1 is 1.15 bits per heavy atom. The van der Waals surface area contributed by atoms with Gasteiger partial charge in [-0.2, -0.15) is 0 Å². The molecule has 0 saturated carbocycles. The average Bonchev–Trinajstić information content (AvgIpc) is 2.62. The first-order chi connectivity index (χ1) is 12.6. The Morgan fingerprint density at radius 3 is 2.58 bits per heavy atom. The molecule has 1 heterocycles. The van der Waals surface area contributed by atoms with Crippen molar-refractivity contribution in [1.82, 2.24) is 15.1 Å². The van der Waals surface area contributed by atoms with Crippen molar-refractivity contribution < 1.29 is 14.3 Å². The largest absolute Gasteiger partial charge is 0.491 e. The molecule has 0 unspecified atom stereocenters. The van der Waals surface area contributed by atoms with Crippen molar-refractivity contribution in [3.8, 4) is 5.75 Å². The molecule has 1 aliphatic rings. The maximum Gasteiger partial charge on any atom is 0.234 e. The van der Waals surface area contributed by atoms with Gasteiger partial charge in [0.15, 0.2) is 0 Å². The Labute approximate surface area is 165 Å². The highest BCUT2D eigenvalue weighted by Gasteiger charge is 2.18. The maximum atomic E-state index is 11.9. The quantitative estimate of drug-likeness (QED) is 0.606. The SMILES string of the molecule is COCCCNC(=O)CN1CCN(CCOc2ccc(Cl)cc2Cl)CC1. The van der Waals surface area contributed by atoms with Crippen molar-refractivity contribution >= 4 is 29.1 Å². The highest BCUT2D eigenvalue weighted by Crippen LogP contribution is 2.27. The van der Waals surface area contributed by atoms with Crippen LogP contribution in [0.1, 0.15) is 6.42 Å². The van der Waals surface area contributed by atoms with E-state index in [2.05, 4.69) is 15.1 Å². The van der Waals surface area contributed by atoms with Crippen LogP contribution in [0.2, 0.25) is 10.0 Å². The number of rotatable bonds is 10. The van der Waals surface area contributed by atoms with Gasteiger partial charge in [0.05, 0.1) is 11.6 Å². The smallest absolute Gasteiger partial charge is 0.234 e. The van der Waals surface area contributed by atoms with Crippen molar-refractivity contribution in [2.45, 2.75) is 6.42 Å². The zero-order chi connectivity index (χ0) is 18.8. The summed E-state index contributed by atoms with van der Waals surface area (Å²) >= 11 is 12.0. The number of carbonyl (C=O) groups excluding carboxylic acids is 1. The highest BCUT2D eigenvalue weighted by molar-refractivity contribution is 6.35. The molecule has 26 heavy (non-hydrogen) atoms. The lowest BCUT2D eigenvalue weighted by Gasteiger charge is -2.34. The summed E-state index contributed by atoms with van der Waals surface area (Å²) in [6, 6.07) is 5.23. The van der Waals surface area contributed by atoms with Gasteiger partial charge >= 0.3 is 0 Å². The second-order valence-corrected chi connectivity index (χ2v) is 7.08. The van der Waals surface area contributed by atoms with Crippen LogP contribution < -0.4 is 10.1 Å². The lowest BCUT2D eigenvalue weighted by Crippen LogP contribution is -2.50. The number of nitrogens with zero attached hydrogens (tertiary/aromatic N) is 2. The maximum absolute atomic E-state index is 11.9. The predicted molar refractivity (Wildman–Crippen MR) is 104 cm³/mol. The molecule has 1 saturated heterocycles. The number of nitrogens with one attached hydrogen (secondary N) is 1. The molecule has 8 heteroatoms. The van der Waals surface area contributed by atoms with E-state index in [1.54, 1.807) is 25.3 Å². The summed E-state index contributed by atoms with van der Waals surface area (Å²) in [6.07, 6.45) is 0.841. The minimum Gasteiger partial charge on any atom is -0.491 e. The van der Waals surface area contributed by atoms with Crippen molar-refractivity contribution in [3.05, 3.63) is 28.2 Å². The zero-order valence-electron chi connectivity index (χ0n) is 15.2. The fraction of sp³-hybridized carbons (Fsp3) is 0.611. The third-order valence-electron chi connectivity index (χ3n) is 4.24. The first-order valence-corrected chi connectivity index (χ1v) is 9.62. The van der Waals surface area contributed by atoms with Gasteiger partial charge in [0.2, 0.25) is 5.91 Å². The van der Waals surface area contributed by atoms with Gasteiger partial charge in [-0.1, -0.05) is 23.2 Å². The Hall–Kier alpha value is -1.05. The van der Waals surface area contributed by atoms with E-state index in [0.29, 0.717) is 42.1 Å². The van der Waals surface area contributed by atoms with Gasteiger partial charge in [-0.3, -0.25) is 14.6 Å². The molecule has 0 aliphatic carbocycles. The van der Waals surface area contributed by atoms with Crippen LogP contribution in [0.4, 0.5) is 0 Å². The summed E-state index contributed by atoms with van der Waals surface area (Å²) < 4.78 is 10.7. The first-order valence-electron chi connectivity index (χ1n) is 8.86. The van der Waals surface area contributed by atoms with Crippen LogP contribution in [-0.4, -0.2) is 81.8 Å². The number of methoxy groups -OCH3 is 1. The second kappa shape index (κ2) is 11.6. The number of hydrogen-bond donors (Lipinski definition) is 1. The molecule has 2 rings (SSSR count). The van der Waals surface area contributed by atoms with Gasteiger partial charge in [0, 0.05) is 58.0 Å². The molecule has 0 radical (unpaired) electrons. The third-order valence-corrected chi connectivity index (χ3v) is 4.77. The van der Waals surface area contributed by atoms with E-state index in [0.717, 1.165) is 39.1 Å². The number of piperazine rings is 1. The third kappa shape index (κ3) is 7.68. The van der Waals surface area contributed by atoms with E-state index in [4.69, 9.17) is 32.7 Å². The summed E-state index contributed by atoms with van der Waals surface area (Å²) in [4.78, 5) is 16.4. The number of ether oxygens (including phenoxy) is 2. The Bertz CT molecular complexity index is 567. The summed E-state index contributed by atoms with van der Waals surface area (Å²) in [6.45, 7) is 6.80. The van der Waals surface area contributed by atoms with Gasteiger partial charge in [0.25, 0.3) is 0 Å². The van der Waals surface area contributed by atoms with Crippen molar-refractivity contribution in [2.24, 2.45) is 0 Å². The molecule has 0 spiro atoms. The van der Waals surface area contributed by atoms with E-state index in [1.807, 2.05) is 0 Å². The van der Waals surface area contributed by atoms with Crippen LogP contribution in [0.15, 0.2) is 18.2 Å². The van der Waals surface area contributed by atoms with Crippen LogP contribution in [0.5, 0.6) is 5.75 Å². The van der Waals surface area contributed by atoms with E-state index in [9.17, 15) is 4.79 Å². The topological polar surface area (TPSA) is 54.0 Å². The molecule has 0 aromatic heterocycles. The van der Waals surface area contributed by atoms with E-state index >= 15 is 0 Å². The molecular formula is C18H27Cl2N3O3. The normalized spacial score (nSPS) is 15.8. The Balaban J connectivity index is 1.59. The standard InChI is InChI=1S/C18H27Cl2N3O3/c1-25-11-2-5-21-18(24)14-23-8-6-22(7-9-23)10-12-26-17-4-3-15(19)13-16(17)20/h3-4,13H,2,5-12,14H2,1H3,(H,21,24). The molecule has 0 atom stereocenters. The fourth-order valence-electron chi connectivity index (χ4n) is 2.75. The molecule has 1 aromatic rings. The van der Waals surface area contributed by atoms with Crippen molar-refractivity contribution in [3.63, 3.8) is 0 Å². The predicted octanol–water partition coefficient (Wildman–Crippen LogP) is 2.14. The minimum atomic E-state index is 0.0790. The van der Waals surface area contributed by atoms with Gasteiger partial charge in [-0.05, 0) is 24.6 Å². The highest BCUT2D eigenvalue weighted by atomic mass is 35.5. The Kier molecular flexibility index (Phi) is 9.50. The van der Waals surface area contributed by atoms with Gasteiger partial charge < -0.3 is 14.8 Å². The number of amides is 1. The van der Waals surface area contributed by atoms with Crippen LogP contribution >= 0.6 is 23.2 Å². The van der Waals surface area contributed by atoms with E-state index < -0.39 is 0 Å². The van der Waals surface area contributed by atoms with Crippen LogP contribution in [0.25, 0.3) is 0 Å².